The molecule has 0 fully saturated rings. The summed E-state index contributed by atoms with van der Waals surface area (Å²) in [6.07, 6.45) is 0. The zero-order valence-electron chi connectivity index (χ0n) is 63.3. The Morgan fingerprint density at radius 2 is 0.483 bits per heavy atom. The van der Waals surface area contributed by atoms with Crippen molar-refractivity contribution >= 4 is 72.0 Å². The molecule has 0 atom stereocenters. The summed E-state index contributed by atoms with van der Waals surface area (Å²) < 4.78 is 4.44. The van der Waals surface area contributed by atoms with Gasteiger partial charge in [0.15, 0.2) is 63.4 Å². The van der Waals surface area contributed by atoms with Crippen LogP contribution in [0.5, 0.6) is 0 Å². The molecule has 16 nitrogen and oxygen atoms in total. The Hall–Kier alpha value is -18.2. The number of fused-ring (bicyclic) bond motifs is 6. The second kappa shape index (κ2) is 30.4. The van der Waals surface area contributed by atoms with Crippen LogP contribution in [0.4, 0.5) is 28.4 Å². The van der Waals surface area contributed by atoms with Crippen molar-refractivity contribution in [2.24, 2.45) is 0 Å². The minimum Gasteiger partial charge on any atom is -0.308 e. The van der Waals surface area contributed by atoms with Crippen LogP contribution >= 0.6 is 0 Å². The van der Waals surface area contributed by atoms with Crippen LogP contribution in [0.15, 0.2) is 328 Å². The van der Waals surface area contributed by atoms with Gasteiger partial charge in [-0.3, -0.25) is 0 Å². The smallest absolute Gasteiger partial charge is 0.188 e. The third kappa shape index (κ3) is 13.0. The van der Waals surface area contributed by atoms with Crippen molar-refractivity contribution < 1.29 is 0 Å². The first-order chi connectivity index (χ1) is 59.1. The van der Waals surface area contributed by atoms with Gasteiger partial charge >= 0.3 is 0 Å². The van der Waals surface area contributed by atoms with Gasteiger partial charge in [-0.1, -0.05) is 231 Å². The van der Waals surface area contributed by atoms with Gasteiger partial charge in [-0.05, 0) is 164 Å². The van der Waals surface area contributed by atoms with Crippen molar-refractivity contribution in [3.05, 3.63) is 401 Å². The molecule has 0 bridgehead atoms. The molecule has 120 heavy (non-hydrogen) atoms. The molecule has 4 aromatic heterocycles. The molecule has 0 radical (unpaired) electrons. The highest BCUT2D eigenvalue weighted by Crippen LogP contribution is 2.47. The number of benzene rings is 15. The topological polar surface area (TPSA) is 180 Å². The van der Waals surface area contributed by atoms with Crippen LogP contribution in [0.25, 0.3) is 214 Å². The Morgan fingerprint density at radius 1 is 0.217 bits per heavy atom. The van der Waals surface area contributed by atoms with E-state index < -0.39 is 0 Å². The average Bonchev–Trinajstić information content (AvgIpc) is 1.56. The van der Waals surface area contributed by atoms with E-state index in [0.717, 1.165) is 110 Å². The standard InChI is InChI=1S/C104H54N16/c1-108-78-35-41-82(75(50-78)60-105)71-31-45-93-88(53-71)89-54-72(83-42-36-79(109-2)51-76(83)61-106)32-46-94(89)119(93)97-57-69(29-39-86(97)103-115-99(63-19-10-6-11-20-63)113-100(116-103)64-21-12-7-13-22-64)67-27-18-28-68(49-67)70-30-40-87(104-117-101(65-23-14-8-15-24-65)114-102(118-104)66-25-16-9-17-26-66)98(58-70)120-95-47-33-73(84-43-37-80(110-3)52-77(84)62-107)55-90(95)91-56-74(34-48-96(91)120)85-44-38-81(111-4)59-92(85)112-5/h6-59H. The molecule has 0 saturated carbocycles. The van der Waals surface area contributed by atoms with Gasteiger partial charge in [0, 0.05) is 71.6 Å². The summed E-state index contributed by atoms with van der Waals surface area (Å²) in [5.74, 6) is 2.68. The fourth-order valence-electron chi connectivity index (χ4n) is 15.9. The molecule has 15 aromatic carbocycles. The van der Waals surface area contributed by atoms with Gasteiger partial charge < -0.3 is 9.13 Å². The normalized spacial score (nSPS) is 10.9. The molecular formula is C104H54N16. The number of hydrogen-bond donors (Lipinski definition) is 0. The summed E-state index contributed by atoms with van der Waals surface area (Å²) in [5, 5.41) is 35.2. The molecule has 0 spiro atoms. The average molecular weight is 1530 g/mol. The maximum Gasteiger partial charge on any atom is 0.188 e. The van der Waals surface area contributed by atoms with Crippen LogP contribution in [0.1, 0.15) is 16.7 Å². The van der Waals surface area contributed by atoms with Crippen LogP contribution in [0.3, 0.4) is 0 Å². The van der Waals surface area contributed by atoms with E-state index in [-0.39, 0.29) is 0 Å². The zero-order chi connectivity index (χ0) is 81.5. The maximum absolute atomic E-state index is 10.6. The molecule has 19 aromatic rings. The molecule has 0 aliphatic rings. The lowest BCUT2D eigenvalue weighted by Gasteiger charge is -2.18. The van der Waals surface area contributed by atoms with Gasteiger partial charge in [-0.2, -0.15) is 15.8 Å². The number of rotatable bonds is 14. The van der Waals surface area contributed by atoms with E-state index in [1.807, 2.05) is 170 Å². The van der Waals surface area contributed by atoms with Gasteiger partial charge in [-0.15, -0.1) is 0 Å². The monoisotopic (exact) mass is 1530 g/mol. The van der Waals surface area contributed by atoms with Crippen molar-refractivity contribution in [3.63, 3.8) is 0 Å². The quantitative estimate of drug-likeness (QED) is 0.0957. The second-order valence-corrected chi connectivity index (χ2v) is 28.5. The van der Waals surface area contributed by atoms with E-state index in [4.69, 9.17) is 62.8 Å². The summed E-state index contributed by atoms with van der Waals surface area (Å²) in [5.41, 5.74) is 20.9. The van der Waals surface area contributed by atoms with E-state index in [1.54, 1.807) is 48.5 Å². The largest absolute Gasteiger partial charge is 0.308 e. The molecule has 16 heteroatoms. The van der Waals surface area contributed by atoms with Crippen LogP contribution in [-0.4, -0.2) is 39.0 Å². The summed E-state index contributed by atoms with van der Waals surface area (Å²) in [6, 6.07) is 113. The lowest BCUT2D eigenvalue weighted by Crippen LogP contribution is -2.04. The molecule has 4 heterocycles. The van der Waals surface area contributed by atoms with E-state index in [9.17, 15) is 15.8 Å². The third-order valence-electron chi connectivity index (χ3n) is 21.7. The van der Waals surface area contributed by atoms with Gasteiger partial charge in [0.2, 0.25) is 0 Å². The van der Waals surface area contributed by atoms with Crippen molar-refractivity contribution in [3.8, 4) is 165 Å². The SMILES string of the molecule is [C-]#[N+]c1ccc(-c2ccc3c(c2)c2cc(-c4ccc([N+]#[C-])cc4C#N)ccc2n3-c2cc(-c3cccc(-c4ccc(-c5nc(-c6ccccc6)nc(-c6ccccc6)n5)c(-n5c6ccc(-c7ccc([N+]#[C-])cc7C#N)cc6c6cc(-c7ccc([N+]#[C-])cc7[N+]#[C-])ccc65)c4)c3)ccc2-c2nc(-c3ccccc3)nc(-c3ccccc3)n2)c(C#N)c1. The summed E-state index contributed by atoms with van der Waals surface area (Å²) in [6.45, 7) is 39.6. The minimum atomic E-state index is 0.332. The van der Waals surface area contributed by atoms with Gasteiger partial charge in [-0.25, -0.2) is 54.1 Å². The summed E-state index contributed by atoms with van der Waals surface area (Å²) >= 11 is 0. The number of nitrogens with zero attached hydrogens (tertiary/aromatic N) is 16. The summed E-state index contributed by atoms with van der Waals surface area (Å²) in [4.78, 5) is 50.2. The van der Waals surface area contributed by atoms with Gasteiger partial charge in [0.25, 0.3) is 0 Å². The van der Waals surface area contributed by atoms with Gasteiger partial charge in [0.05, 0.1) is 84.5 Å². The molecule has 19 rings (SSSR count). The van der Waals surface area contributed by atoms with Crippen molar-refractivity contribution in [1.29, 1.82) is 15.8 Å². The molecule has 0 N–H and O–H groups in total. The fourth-order valence-corrected chi connectivity index (χ4v) is 15.9. The molecule has 0 unspecified atom stereocenters. The number of aromatic nitrogens is 8. The molecule has 0 aliphatic heterocycles. The third-order valence-corrected chi connectivity index (χ3v) is 21.7. The molecule has 0 saturated heterocycles. The minimum absolute atomic E-state index is 0.332. The van der Waals surface area contributed by atoms with E-state index in [2.05, 4.69) is 161 Å². The molecule has 0 amide bonds. The molecule has 0 aliphatic carbocycles. The fraction of sp³-hybridized carbons (Fsp3) is 0. The van der Waals surface area contributed by atoms with Crippen LogP contribution < -0.4 is 0 Å². The van der Waals surface area contributed by atoms with Crippen molar-refractivity contribution in [1.82, 2.24) is 39.0 Å². The first-order valence-corrected chi connectivity index (χ1v) is 38.0. The Balaban J connectivity index is 0.854. The van der Waals surface area contributed by atoms with E-state index in [0.29, 0.717) is 125 Å². The summed E-state index contributed by atoms with van der Waals surface area (Å²) in [7, 11) is 0. The second-order valence-electron chi connectivity index (χ2n) is 28.5. The van der Waals surface area contributed by atoms with Crippen molar-refractivity contribution in [2.75, 3.05) is 0 Å². The van der Waals surface area contributed by atoms with Crippen LogP contribution in [-0.2, 0) is 0 Å². The van der Waals surface area contributed by atoms with Gasteiger partial charge in [0.1, 0.15) is 0 Å². The Labute approximate surface area is 688 Å². The first kappa shape index (κ1) is 72.1. The lowest BCUT2D eigenvalue weighted by molar-refractivity contribution is 1.06. The lowest BCUT2D eigenvalue weighted by atomic mass is 9.96. The molecule has 550 valence electrons. The van der Waals surface area contributed by atoms with Crippen LogP contribution in [0.2, 0.25) is 0 Å². The zero-order valence-corrected chi connectivity index (χ0v) is 63.3. The number of nitriles is 3. The molecular weight excluding hydrogens is 1470 g/mol. The highest BCUT2D eigenvalue weighted by Gasteiger charge is 2.27. The van der Waals surface area contributed by atoms with Crippen molar-refractivity contribution in [2.45, 2.75) is 0 Å². The maximum atomic E-state index is 10.6. The predicted molar refractivity (Wildman–Crippen MR) is 473 cm³/mol. The van der Waals surface area contributed by atoms with E-state index >= 15 is 0 Å². The Bertz CT molecular complexity index is 7040. The Morgan fingerprint density at radius 3 is 0.792 bits per heavy atom. The number of hydrogen-bond acceptors (Lipinski definition) is 9. The van der Waals surface area contributed by atoms with Crippen LogP contribution in [0, 0.1) is 66.9 Å². The van der Waals surface area contributed by atoms with E-state index in [1.165, 1.54) is 0 Å². The highest BCUT2D eigenvalue weighted by molar-refractivity contribution is 6.14. The predicted octanol–water partition coefficient (Wildman–Crippen LogP) is 26.6. The Kier molecular flexibility index (Phi) is 18.3. The highest BCUT2D eigenvalue weighted by atomic mass is 15.1. The first-order valence-electron chi connectivity index (χ1n) is 38.0.